The Morgan fingerprint density at radius 3 is 2.43 bits per heavy atom. The van der Waals surface area contributed by atoms with Crippen LogP contribution < -0.4 is 20.1 Å². The summed E-state index contributed by atoms with van der Waals surface area (Å²) in [5, 5.41) is 18.8. The molecule has 0 aromatic heterocycles. The molecule has 0 amide bonds. The van der Waals surface area contributed by atoms with E-state index in [4.69, 9.17) is 9.47 Å². The number of hydrogen-bond acceptors (Lipinski definition) is 7. The number of anilines is 2. The average Bonchev–Trinajstić information content (AvgIpc) is 3.05. The predicted octanol–water partition coefficient (Wildman–Crippen LogP) is 6.37. The number of rotatable bonds is 6. The van der Waals surface area contributed by atoms with Crippen molar-refractivity contribution < 1.29 is 19.2 Å². The van der Waals surface area contributed by atoms with Gasteiger partial charge in [0.2, 0.25) is 0 Å². The lowest BCUT2D eigenvalue weighted by Gasteiger charge is -2.30. The number of carbonyl (C=O) groups is 1. The summed E-state index contributed by atoms with van der Waals surface area (Å²) >= 11 is 0. The largest absolute Gasteiger partial charge is 0.493 e. The van der Waals surface area contributed by atoms with Gasteiger partial charge in [-0.25, -0.2) is 0 Å². The minimum Gasteiger partial charge on any atom is -0.493 e. The van der Waals surface area contributed by atoms with Crippen LogP contribution in [0.3, 0.4) is 0 Å². The Labute approximate surface area is 215 Å². The molecule has 0 spiro atoms. The lowest BCUT2D eigenvalue weighted by molar-refractivity contribution is -0.385. The molecule has 2 aliphatic rings. The zero-order valence-electron chi connectivity index (χ0n) is 21.0. The minimum atomic E-state index is -0.655. The van der Waals surface area contributed by atoms with E-state index in [1.807, 2.05) is 56.3 Å². The third-order valence-corrected chi connectivity index (χ3v) is 6.78. The van der Waals surface area contributed by atoms with Gasteiger partial charge in [-0.1, -0.05) is 30.3 Å². The maximum atomic E-state index is 13.8. The number of carbonyl (C=O) groups excluding carboxylic acids is 1. The van der Waals surface area contributed by atoms with Gasteiger partial charge in [0.25, 0.3) is 5.69 Å². The van der Waals surface area contributed by atoms with E-state index in [1.165, 1.54) is 6.07 Å². The SMILES string of the molecule is COc1cc(C2CC(=O)C3=C(C2)Nc2ccccc2NC3c2ccccc2[N+](=O)[O-])ccc1OC(C)C. The molecule has 1 aliphatic heterocycles. The number of hydrogen-bond donors (Lipinski definition) is 2. The van der Waals surface area contributed by atoms with Crippen molar-refractivity contribution in [1.29, 1.82) is 0 Å². The zero-order valence-corrected chi connectivity index (χ0v) is 21.0. The topological polar surface area (TPSA) is 103 Å². The maximum absolute atomic E-state index is 13.8. The van der Waals surface area contributed by atoms with E-state index in [1.54, 1.807) is 25.3 Å². The number of allylic oxidation sites excluding steroid dienone is 1. The Bertz CT molecular complexity index is 1400. The van der Waals surface area contributed by atoms with Gasteiger partial charge in [-0.2, -0.15) is 0 Å². The van der Waals surface area contributed by atoms with Gasteiger partial charge in [0.1, 0.15) is 0 Å². The summed E-state index contributed by atoms with van der Waals surface area (Å²) in [6.45, 7) is 3.91. The zero-order chi connectivity index (χ0) is 26.1. The van der Waals surface area contributed by atoms with Gasteiger partial charge in [0.05, 0.1) is 41.1 Å². The van der Waals surface area contributed by atoms with Crippen LogP contribution in [0.1, 0.15) is 49.8 Å². The highest BCUT2D eigenvalue weighted by Crippen LogP contribution is 2.46. The molecule has 1 aliphatic carbocycles. The number of fused-ring (bicyclic) bond motifs is 1. The van der Waals surface area contributed by atoms with E-state index in [0.717, 1.165) is 22.6 Å². The number of nitro benzene ring substituents is 1. The summed E-state index contributed by atoms with van der Waals surface area (Å²) in [7, 11) is 1.60. The van der Waals surface area contributed by atoms with Crippen LogP contribution in [0, 0.1) is 10.1 Å². The Morgan fingerprint density at radius 2 is 1.70 bits per heavy atom. The van der Waals surface area contributed by atoms with E-state index < -0.39 is 11.0 Å². The number of benzene rings is 3. The Kier molecular flexibility index (Phi) is 6.56. The van der Waals surface area contributed by atoms with Crippen molar-refractivity contribution in [3.05, 3.63) is 99.2 Å². The van der Waals surface area contributed by atoms with Crippen LogP contribution in [-0.2, 0) is 4.79 Å². The molecule has 2 unspecified atom stereocenters. The molecule has 0 fully saturated rings. The van der Waals surface area contributed by atoms with Crippen LogP contribution in [0.2, 0.25) is 0 Å². The van der Waals surface area contributed by atoms with Gasteiger partial charge in [-0.15, -0.1) is 0 Å². The summed E-state index contributed by atoms with van der Waals surface area (Å²) in [5.41, 5.74) is 4.32. The van der Waals surface area contributed by atoms with Crippen molar-refractivity contribution in [2.24, 2.45) is 0 Å². The molecule has 0 radical (unpaired) electrons. The average molecular weight is 500 g/mol. The molecule has 1 heterocycles. The molecule has 190 valence electrons. The van der Waals surface area contributed by atoms with Crippen molar-refractivity contribution in [3.8, 4) is 11.5 Å². The molecule has 3 aromatic carbocycles. The predicted molar refractivity (Wildman–Crippen MR) is 142 cm³/mol. The van der Waals surface area contributed by atoms with E-state index >= 15 is 0 Å². The van der Waals surface area contributed by atoms with Crippen LogP contribution in [0.15, 0.2) is 78.0 Å². The van der Waals surface area contributed by atoms with Crippen LogP contribution in [0.25, 0.3) is 0 Å². The Morgan fingerprint density at radius 1 is 0.973 bits per heavy atom. The van der Waals surface area contributed by atoms with Crippen LogP contribution >= 0.6 is 0 Å². The van der Waals surface area contributed by atoms with Gasteiger partial charge in [-0.3, -0.25) is 14.9 Å². The summed E-state index contributed by atoms with van der Waals surface area (Å²) in [6.07, 6.45) is 0.857. The summed E-state index contributed by atoms with van der Waals surface area (Å²) < 4.78 is 11.4. The third-order valence-electron chi connectivity index (χ3n) is 6.78. The monoisotopic (exact) mass is 499 g/mol. The molecule has 3 aromatic rings. The second kappa shape index (κ2) is 9.97. The van der Waals surface area contributed by atoms with Gasteiger partial charge in [0, 0.05) is 23.8 Å². The second-order valence-corrected chi connectivity index (χ2v) is 9.56. The number of Topliss-reactive ketones (excluding diaryl/α,β-unsaturated/α-hetero) is 1. The lowest BCUT2D eigenvalue weighted by atomic mass is 9.78. The summed E-state index contributed by atoms with van der Waals surface area (Å²) in [4.78, 5) is 25.3. The van der Waals surface area contributed by atoms with Crippen LogP contribution in [0.5, 0.6) is 11.5 Å². The summed E-state index contributed by atoms with van der Waals surface area (Å²) in [6, 6.07) is 19.4. The molecular weight excluding hydrogens is 470 g/mol. The third kappa shape index (κ3) is 4.74. The van der Waals surface area contributed by atoms with E-state index in [-0.39, 0.29) is 29.9 Å². The first-order chi connectivity index (χ1) is 17.9. The van der Waals surface area contributed by atoms with Crippen molar-refractivity contribution in [2.75, 3.05) is 17.7 Å². The highest BCUT2D eigenvalue weighted by Gasteiger charge is 2.38. The highest BCUT2D eigenvalue weighted by atomic mass is 16.6. The van der Waals surface area contributed by atoms with Crippen molar-refractivity contribution in [2.45, 2.75) is 44.8 Å². The molecule has 5 rings (SSSR count). The van der Waals surface area contributed by atoms with Crippen molar-refractivity contribution in [1.82, 2.24) is 0 Å². The highest BCUT2D eigenvalue weighted by molar-refractivity contribution is 6.01. The number of methoxy groups -OCH3 is 1. The summed E-state index contributed by atoms with van der Waals surface area (Å²) in [5.74, 6) is 1.14. The number of ketones is 1. The second-order valence-electron chi connectivity index (χ2n) is 9.56. The Hall–Kier alpha value is -4.33. The molecule has 8 heteroatoms. The van der Waals surface area contributed by atoms with Crippen molar-refractivity contribution >= 4 is 22.8 Å². The molecule has 2 N–H and O–H groups in total. The lowest BCUT2D eigenvalue weighted by Crippen LogP contribution is -2.27. The number of nitrogens with zero attached hydrogens (tertiary/aromatic N) is 1. The molecule has 37 heavy (non-hydrogen) atoms. The normalized spacial score (nSPS) is 18.8. The van der Waals surface area contributed by atoms with Crippen LogP contribution in [0.4, 0.5) is 17.1 Å². The van der Waals surface area contributed by atoms with Crippen molar-refractivity contribution in [3.63, 3.8) is 0 Å². The van der Waals surface area contributed by atoms with Gasteiger partial charge in [-0.05, 0) is 62.1 Å². The first kappa shape index (κ1) is 24.4. The van der Waals surface area contributed by atoms with Gasteiger partial charge < -0.3 is 20.1 Å². The number of nitro groups is 1. The standard InChI is InChI=1S/C29H29N3O5/c1-17(2)37-26-13-12-18(16-27(26)36-3)19-14-23-28(25(33)15-19)29(20-8-4-7-11-24(20)32(34)35)31-22-10-6-5-9-21(22)30-23/h4-13,16-17,19,29-31H,14-15H2,1-3H3. The smallest absolute Gasteiger partial charge is 0.275 e. The minimum absolute atomic E-state index is 0.00505. The fourth-order valence-corrected chi connectivity index (χ4v) is 5.15. The molecule has 0 bridgehead atoms. The number of para-hydroxylation sites is 3. The molecule has 2 atom stereocenters. The molecule has 0 saturated carbocycles. The van der Waals surface area contributed by atoms with E-state index in [0.29, 0.717) is 29.1 Å². The number of nitrogens with one attached hydrogen (secondary N) is 2. The first-order valence-corrected chi connectivity index (χ1v) is 12.3. The van der Waals surface area contributed by atoms with Gasteiger partial charge >= 0.3 is 0 Å². The fourth-order valence-electron chi connectivity index (χ4n) is 5.15. The quantitative estimate of drug-likeness (QED) is 0.300. The molecule has 0 saturated heterocycles. The Balaban J connectivity index is 1.58. The molecular formula is C29H29N3O5. The first-order valence-electron chi connectivity index (χ1n) is 12.3. The maximum Gasteiger partial charge on any atom is 0.275 e. The van der Waals surface area contributed by atoms with E-state index in [9.17, 15) is 14.9 Å². The van der Waals surface area contributed by atoms with Crippen LogP contribution in [-0.4, -0.2) is 23.9 Å². The number of ether oxygens (including phenoxy) is 2. The molecule has 8 nitrogen and oxygen atoms in total. The van der Waals surface area contributed by atoms with E-state index in [2.05, 4.69) is 10.6 Å². The fraction of sp³-hybridized carbons (Fsp3) is 0.276. The van der Waals surface area contributed by atoms with Gasteiger partial charge in [0.15, 0.2) is 17.3 Å².